The predicted molar refractivity (Wildman–Crippen MR) is 41.5 cm³/mol. The van der Waals surface area contributed by atoms with Gasteiger partial charge in [-0.15, -0.1) is 0 Å². The van der Waals surface area contributed by atoms with Crippen LogP contribution in [0.3, 0.4) is 0 Å². The van der Waals surface area contributed by atoms with Crippen LogP contribution in [0.5, 0.6) is 0 Å². The zero-order valence-electron chi connectivity index (χ0n) is 6.50. The highest BCUT2D eigenvalue weighted by molar-refractivity contribution is 5.53. The highest BCUT2D eigenvalue weighted by atomic mass is 19.1. The van der Waals surface area contributed by atoms with E-state index in [2.05, 4.69) is 9.97 Å². The summed E-state index contributed by atoms with van der Waals surface area (Å²) >= 11 is 0. The van der Waals surface area contributed by atoms with Crippen molar-refractivity contribution in [3.8, 4) is 0 Å². The van der Waals surface area contributed by atoms with Crippen LogP contribution in [0.4, 0.5) is 4.39 Å². The summed E-state index contributed by atoms with van der Waals surface area (Å²) in [7, 11) is 0. The lowest BCUT2D eigenvalue weighted by Gasteiger charge is -1.94. The molecule has 1 rings (SSSR count). The van der Waals surface area contributed by atoms with Crippen molar-refractivity contribution in [3.63, 3.8) is 0 Å². The smallest absolute Gasteiger partial charge is 0.146 e. The number of hydrogen-bond donors (Lipinski definition) is 0. The molecule has 0 radical (unpaired) electrons. The molecular weight excluding hydrogens is 143 g/mol. The molecule has 0 saturated heterocycles. The molecule has 58 valence electrons. The van der Waals surface area contributed by atoms with Gasteiger partial charge in [0.05, 0.1) is 11.9 Å². The largest absolute Gasteiger partial charge is 0.258 e. The van der Waals surface area contributed by atoms with Crippen molar-refractivity contribution in [1.29, 1.82) is 0 Å². The zero-order chi connectivity index (χ0) is 8.27. The minimum absolute atomic E-state index is 0.290. The Hall–Kier alpha value is -1.25. The fourth-order valence-corrected chi connectivity index (χ4v) is 0.664. The number of hydrogen-bond acceptors (Lipinski definition) is 2. The minimum Gasteiger partial charge on any atom is -0.258 e. The quantitative estimate of drug-likeness (QED) is 0.616. The monoisotopic (exact) mass is 152 g/mol. The van der Waals surface area contributed by atoms with Gasteiger partial charge < -0.3 is 0 Å². The zero-order valence-corrected chi connectivity index (χ0v) is 6.50. The van der Waals surface area contributed by atoms with Gasteiger partial charge in [-0.05, 0) is 19.9 Å². The van der Waals surface area contributed by atoms with Crippen molar-refractivity contribution in [2.45, 2.75) is 13.8 Å². The molecule has 1 aromatic heterocycles. The molecule has 0 aromatic carbocycles. The first-order valence-electron chi connectivity index (χ1n) is 3.35. The summed E-state index contributed by atoms with van der Waals surface area (Å²) in [6.07, 6.45) is 4.32. The Bertz CT molecular complexity index is 264. The van der Waals surface area contributed by atoms with E-state index in [0.29, 0.717) is 0 Å². The van der Waals surface area contributed by atoms with Gasteiger partial charge in [0, 0.05) is 6.20 Å². The Labute approximate surface area is 64.8 Å². The van der Waals surface area contributed by atoms with E-state index < -0.39 is 0 Å². The SMILES string of the molecule is C/C=C(\F)c1cnc(C)cn1. The third-order valence-corrected chi connectivity index (χ3v) is 1.28. The van der Waals surface area contributed by atoms with Gasteiger partial charge in [0.25, 0.3) is 0 Å². The first kappa shape index (κ1) is 7.85. The summed E-state index contributed by atoms with van der Waals surface area (Å²) < 4.78 is 12.8. The average molecular weight is 152 g/mol. The first-order chi connectivity index (χ1) is 5.24. The van der Waals surface area contributed by atoms with Gasteiger partial charge in [-0.25, -0.2) is 4.39 Å². The topological polar surface area (TPSA) is 25.8 Å². The summed E-state index contributed by atoms with van der Waals surface area (Å²) in [6, 6.07) is 0. The van der Waals surface area contributed by atoms with Gasteiger partial charge in [-0.3, -0.25) is 9.97 Å². The minimum atomic E-state index is -0.336. The number of aromatic nitrogens is 2. The van der Waals surface area contributed by atoms with Gasteiger partial charge in [0.2, 0.25) is 0 Å². The summed E-state index contributed by atoms with van der Waals surface area (Å²) in [5.74, 6) is -0.336. The molecule has 0 N–H and O–H groups in total. The van der Waals surface area contributed by atoms with Crippen LogP contribution in [-0.4, -0.2) is 9.97 Å². The molecule has 11 heavy (non-hydrogen) atoms. The van der Waals surface area contributed by atoms with Crippen LogP contribution in [0, 0.1) is 6.92 Å². The molecule has 0 amide bonds. The van der Waals surface area contributed by atoms with Crippen LogP contribution < -0.4 is 0 Å². The lowest BCUT2D eigenvalue weighted by atomic mass is 10.3. The predicted octanol–water partition coefficient (Wildman–Crippen LogP) is 2.12. The number of aryl methyl sites for hydroxylation is 1. The molecule has 0 bridgehead atoms. The third kappa shape index (κ3) is 1.83. The molecule has 0 fully saturated rings. The van der Waals surface area contributed by atoms with Crippen molar-refractivity contribution in [3.05, 3.63) is 29.9 Å². The second-order valence-electron chi connectivity index (χ2n) is 2.18. The Morgan fingerprint density at radius 3 is 2.64 bits per heavy atom. The second-order valence-corrected chi connectivity index (χ2v) is 2.18. The molecule has 0 atom stereocenters. The van der Waals surface area contributed by atoms with Crippen molar-refractivity contribution in [1.82, 2.24) is 9.97 Å². The van der Waals surface area contributed by atoms with E-state index in [1.807, 2.05) is 6.92 Å². The molecule has 0 saturated carbocycles. The highest BCUT2D eigenvalue weighted by Gasteiger charge is 1.98. The summed E-state index contributed by atoms with van der Waals surface area (Å²) in [5.41, 5.74) is 1.08. The van der Waals surface area contributed by atoms with Crippen molar-refractivity contribution < 1.29 is 4.39 Å². The molecule has 0 spiro atoms. The Balaban J connectivity index is 2.99. The third-order valence-electron chi connectivity index (χ3n) is 1.28. The Kier molecular flexibility index (Phi) is 2.31. The molecule has 1 aromatic rings. The van der Waals surface area contributed by atoms with Crippen LogP contribution >= 0.6 is 0 Å². The van der Waals surface area contributed by atoms with Crippen LogP contribution in [0.25, 0.3) is 5.83 Å². The lowest BCUT2D eigenvalue weighted by Crippen LogP contribution is -1.88. The maximum atomic E-state index is 12.8. The summed E-state index contributed by atoms with van der Waals surface area (Å²) in [4.78, 5) is 7.75. The van der Waals surface area contributed by atoms with Crippen LogP contribution in [0.2, 0.25) is 0 Å². The summed E-state index contributed by atoms with van der Waals surface area (Å²) in [6.45, 7) is 3.43. The van der Waals surface area contributed by atoms with E-state index in [1.54, 1.807) is 13.1 Å². The normalized spacial score (nSPS) is 11.7. The average Bonchev–Trinajstić information content (AvgIpc) is 2.05. The van der Waals surface area contributed by atoms with E-state index in [0.717, 1.165) is 5.69 Å². The van der Waals surface area contributed by atoms with E-state index in [4.69, 9.17) is 0 Å². The van der Waals surface area contributed by atoms with Gasteiger partial charge in [0.15, 0.2) is 0 Å². The lowest BCUT2D eigenvalue weighted by molar-refractivity contribution is 0.748. The van der Waals surface area contributed by atoms with Gasteiger partial charge in [-0.1, -0.05) is 0 Å². The molecule has 3 heteroatoms. The number of allylic oxidation sites excluding steroid dienone is 1. The van der Waals surface area contributed by atoms with E-state index >= 15 is 0 Å². The number of rotatable bonds is 1. The number of halogens is 1. The molecule has 1 heterocycles. The standard InChI is InChI=1S/C8H9FN2/c1-3-7(9)8-5-10-6(2)4-11-8/h3-5H,1-2H3/b7-3-. The maximum Gasteiger partial charge on any atom is 0.146 e. The van der Waals surface area contributed by atoms with Crippen molar-refractivity contribution >= 4 is 5.83 Å². The molecule has 2 nitrogen and oxygen atoms in total. The maximum absolute atomic E-state index is 12.8. The van der Waals surface area contributed by atoms with Crippen LogP contribution in [0.15, 0.2) is 18.5 Å². The van der Waals surface area contributed by atoms with Gasteiger partial charge in [-0.2, -0.15) is 0 Å². The number of nitrogens with zero attached hydrogens (tertiary/aromatic N) is 2. The van der Waals surface area contributed by atoms with Gasteiger partial charge in [0.1, 0.15) is 11.5 Å². The van der Waals surface area contributed by atoms with Crippen molar-refractivity contribution in [2.24, 2.45) is 0 Å². The Morgan fingerprint density at radius 2 is 2.18 bits per heavy atom. The summed E-state index contributed by atoms with van der Waals surface area (Å²) in [5, 5.41) is 0. The van der Waals surface area contributed by atoms with E-state index in [1.165, 1.54) is 12.3 Å². The van der Waals surface area contributed by atoms with Crippen LogP contribution in [0.1, 0.15) is 18.3 Å². The van der Waals surface area contributed by atoms with E-state index in [-0.39, 0.29) is 11.5 Å². The second kappa shape index (κ2) is 3.23. The van der Waals surface area contributed by atoms with Crippen molar-refractivity contribution in [2.75, 3.05) is 0 Å². The first-order valence-corrected chi connectivity index (χ1v) is 3.35. The molecule has 0 aliphatic heterocycles. The molecular formula is C8H9FN2. The molecule has 0 unspecified atom stereocenters. The molecule has 0 aliphatic carbocycles. The van der Waals surface area contributed by atoms with Crippen LogP contribution in [-0.2, 0) is 0 Å². The highest BCUT2D eigenvalue weighted by Crippen LogP contribution is 2.10. The fourth-order valence-electron chi connectivity index (χ4n) is 0.664. The molecule has 0 aliphatic rings. The van der Waals surface area contributed by atoms with E-state index in [9.17, 15) is 4.39 Å². The van der Waals surface area contributed by atoms with Gasteiger partial charge >= 0.3 is 0 Å². The fraction of sp³-hybridized carbons (Fsp3) is 0.250. The Morgan fingerprint density at radius 1 is 1.45 bits per heavy atom.